The van der Waals surface area contributed by atoms with E-state index in [9.17, 15) is 4.79 Å². The van der Waals surface area contributed by atoms with Crippen LogP contribution in [0.1, 0.15) is 18.5 Å². The first kappa shape index (κ1) is 15.0. The van der Waals surface area contributed by atoms with Gasteiger partial charge in [0.1, 0.15) is 6.61 Å². The number of esters is 1. The van der Waals surface area contributed by atoms with Gasteiger partial charge in [-0.05, 0) is 41.5 Å². The molecule has 0 spiro atoms. The Morgan fingerprint density at radius 2 is 2.30 bits per heavy atom. The highest BCUT2D eigenvalue weighted by atomic mass is 32.1. The molecule has 1 aliphatic rings. The largest absolute Gasteiger partial charge is 0.460 e. The molecular formula is C13H16N2O3S2. The first-order valence-electron chi connectivity index (χ1n) is 6.10. The Bertz CT molecular complexity index is 526. The summed E-state index contributed by atoms with van der Waals surface area (Å²) in [6.07, 6.45) is 0. The zero-order chi connectivity index (χ0) is 14.5. The van der Waals surface area contributed by atoms with E-state index in [1.54, 1.807) is 18.4 Å². The molecule has 0 fully saturated rings. The molecule has 2 rings (SSSR count). The van der Waals surface area contributed by atoms with Crippen molar-refractivity contribution >= 4 is 34.6 Å². The number of carbonyl (C=O) groups excluding carboxylic acids is 1. The average molecular weight is 312 g/mol. The lowest BCUT2D eigenvalue weighted by molar-refractivity contribution is -0.140. The van der Waals surface area contributed by atoms with Crippen molar-refractivity contribution in [2.24, 2.45) is 0 Å². The molecule has 1 aliphatic heterocycles. The third-order valence-corrected chi connectivity index (χ3v) is 3.81. The standard InChI is InChI=1S/C13H16N2O3S2/c1-8-10(12(16)18-5-4-17-2)11(15-13(19)14-8)9-3-6-20-7-9/h3,6-7,11H,4-5H2,1-2H3,(H2,14,15,19)/t11-/m1/s1. The van der Waals surface area contributed by atoms with Crippen molar-refractivity contribution in [3.8, 4) is 0 Å². The van der Waals surface area contributed by atoms with Gasteiger partial charge in [-0.1, -0.05) is 0 Å². The monoisotopic (exact) mass is 312 g/mol. The maximum atomic E-state index is 12.2. The highest BCUT2D eigenvalue weighted by molar-refractivity contribution is 7.80. The van der Waals surface area contributed by atoms with Crippen molar-refractivity contribution in [2.75, 3.05) is 20.3 Å². The number of thiophene rings is 1. The number of allylic oxidation sites excluding steroid dienone is 1. The molecule has 5 nitrogen and oxygen atoms in total. The topological polar surface area (TPSA) is 59.6 Å². The molecule has 2 N–H and O–H groups in total. The Hall–Kier alpha value is -1.44. The number of thiocarbonyl (C=S) groups is 1. The predicted molar refractivity (Wildman–Crippen MR) is 81.5 cm³/mol. The molecule has 1 aromatic heterocycles. The summed E-state index contributed by atoms with van der Waals surface area (Å²) >= 11 is 6.73. The normalized spacial score (nSPS) is 18.5. The maximum Gasteiger partial charge on any atom is 0.338 e. The number of rotatable bonds is 5. The van der Waals surface area contributed by atoms with Crippen molar-refractivity contribution in [3.05, 3.63) is 33.7 Å². The van der Waals surface area contributed by atoms with Crippen LogP contribution in [0.2, 0.25) is 0 Å². The fourth-order valence-corrected chi connectivity index (χ4v) is 2.91. The van der Waals surface area contributed by atoms with Gasteiger partial charge in [-0.3, -0.25) is 0 Å². The Morgan fingerprint density at radius 3 is 2.95 bits per heavy atom. The van der Waals surface area contributed by atoms with Gasteiger partial charge < -0.3 is 20.1 Å². The molecule has 0 aliphatic carbocycles. The van der Waals surface area contributed by atoms with E-state index in [1.807, 2.05) is 23.8 Å². The van der Waals surface area contributed by atoms with Crippen LogP contribution in [0.15, 0.2) is 28.1 Å². The molecule has 20 heavy (non-hydrogen) atoms. The minimum atomic E-state index is -0.363. The van der Waals surface area contributed by atoms with E-state index >= 15 is 0 Å². The van der Waals surface area contributed by atoms with Crippen LogP contribution in [0.5, 0.6) is 0 Å². The van der Waals surface area contributed by atoms with E-state index < -0.39 is 0 Å². The van der Waals surface area contributed by atoms with E-state index in [2.05, 4.69) is 10.6 Å². The van der Waals surface area contributed by atoms with Crippen LogP contribution in [0.3, 0.4) is 0 Å². The van der Waals surface area contributed by atoms with Crippen molar-refractivity contribution in [3.63, 3.8) is 0 Å². The molecule has 7 heteroatoms. The zero-order valence-electron chi connectivity index (χ0n) is 11.3. The number of methoxy groups -OCH3 is 1. The highest BCUT2D eigenvalue weighted by Gasteiger charge is 2.31. The smallest absolute Gasteiger partial charge is 0.338 e. The van der Waals surface area contributed by atoms with Crippen LogP contribution < -0.4 is 10.6 Å². The Kier molecular flexibility index (Phi) is 5.11. The number of nitrogens with one attached hydrogen (secondary N) is 2. The second kappa shape index (κ2) is 6.83. The molecule has 0 aromatic carbocycles. The Labute approximate surface area is 127 Å². The Balaban J connectivity index is 2.22. The van der Waals surface area contributed by atoms with Gasteiger partial charge in [0.2, 0.25) is 0 Å². The molecule has 0 saturated heterocycles. The van der Waals surface area contributed by atoms with Crippen molar-refractivity contribution in [1.82, 2.24) is 10.6 Å². The van der Waals surface area contributed by atoms with Gasteiger partial charge in [0.25, 0.3) is 0 Å². The van der Waals surface area contributed by atoms with Gasteiger partial charge in [0.05, 0.1) is 18.2 Å². The van der Waals surface area contributed by atoms with Gasteiger partial charge in [-0.2, -0.15) is 11.3 Å². The number of ether oxygens (including phenoxy) is 2. The van der Waals surface area contributed by atoms with Crippen molar-refractivity contribution < 1.29 is 14.3 Å². The van der Waals surface area contributed by atoms with E-state index in [0.717, 1.165) is 5.56 Å². The summed E-state index contributed by atoms with van der Waals surface area (Å²) in [4.78, 5) is 12.2. The van der Waals surface area contributed by atoms with Crippen molar-refractivity contribution in [1.29, 1.82) is 0 Å². The van der Waals surface area contributed by atoms with Gasteiger partial charge in [-0.15, -0.1) is 0 Å². The van der Waals surface area contributed by atoms with Gasteiger partial charge >= 0.3 is 5.97 Å². The molecule has 0 unspecified atom stereocenters. The first-order chi connectivity index (χ1) is 9.63. The summed E-state index contributed by atoms with van der Waals surface area (Å²) in [5.74, 6) is -0.363. The van der Waals surface area contributed by atoms with E-state index in [1.165, 1.54) is 0 Å². The lowest BCUT2D eigenvalue weighted by Gasteiger charge is -2.29. The molecule has 0 saturated carbocycles. The molecule has 0 amide bonds. The van der Waals surface area contributed by atoms with Crippen LogP contribution >= 0.6 is 23.6 Å². The van der Waals surface area contributed by atoms with Crippen LogP contribution in [0.25, 0.3) is 0 Å². The van der Waals surface area contributed by atoms with Gasteiger partial charge in [0, 0.05) is 12.8 Å². The third-order valence-electron chi connectivity index (χ3n) is 2.89. The minimum Gasteiger partial charge on any atom is -0.460 e. The third kappa shape index (κ3) is 3.36. The molecule has 1 aromatic rings. The highest BCUT2D eigenvalue weighted by Crippen LogP contribution is 2.28. The maximum absolute atomic E-state index is 12.2. The second-order valence-corrected chi connectivity index (χ2v) is 5.44. The fourth-order valence-electron chi connectivity index (χ4n) is 1.95. The summed E-state index contributed by atoms with van der Waals surface area (Å²) in [5, 5.41) is 10.5. The van der Waals surface area contributed by atoms with Crippen LogP contribution in [0, 0.1) is 0 Å². The van der Waals surface area contributed by atoms with Crippen LogP contribution in [-0.2, 0) is 14.3 Å². The van der Waals surface area contributed by atoms with Crippen LogP contribution in [-0.4, -0.2) is 31.4 Å². The molecule has 0 radical (unpaired) electrons. The summed E-state index contributed by atoms with van der Waals surface area (Å²) in [7, 11) is 1.56. The molecule has 0 bridgehead atoms. The quantitative estimate of drug-likeness (QED) is 0.490. The summed E-state index contributed by atoms with van der Waals surface area (Å²) in [6.45, 7) is 2.42. The van der Waals surface area contributed by atoms with Gasteiger partial charge in [-0.25, -0.2) is 4.79 Å². The minimum absolute atomic E-state index is 0.229. The lowest BCUT2D eigenvalue weighted by Crippen LogP contribution is -2.45. The molecular weight excluding hydrogens is 296 g/mol. The number of carbonyl (C=O) groups is 1. The number of hydrogen-bond acceptors (Lipinski definition) is 5. The summed E-state index contributed by atoms with van der Waals surface area (Å²) < 4.78 is 10.1. The predicted octanol–water partition coefficient (Wildman–Crippen LogP) is 1.73. The average Bonchev–Trinajstić information content (AvgIpc) is 2.91. The molecule has 2 heterocycles. The van der Waals surface area contributed by atoms with E-state index in [4.69, 9.17) is 21.7 Å². The first-order valence-corrected chi connectivity index (χ1v) is 7.45. The zero-order valence-corrected chi connectivity index (χ0v) is 12.9. The van der Waals surface area contributed by atoms with Crippen LogP contribution in [0.4, 0.5) is 0 Å². The summed E-state index contributed by atoms with van der Waals surface area (Å²) in [6, 6.07) is 1.69. The lowest BCUT2D eigenvalue weighted by atomic mass is 9.98. The van der Waals surface area contributed by atoms with Gasteiger partial charge in [0.15, 0.2) is 5.11 Å². The van der Waals surface area contributed by atoms with E-state index in [0.29, 0.717) is 23.0 Å². The summed E-state index contributed by atoms with van der Waals surface area (Å²) in [5.41, 5.74) is 2.26. The number of hydrogen-bond donors (Lipinski definition) is 2. The SMILES string of the molecule is COCCOC(=O)C1=C(C)NC(=S)N[C@@H]1c1ccsc1. The van der Waals surface area contributed by atoms with E-state index in [-0.39, 0.29) is 18.6 Å². The fraction of sp³-hybridized carbons (Fsp3) is 0.385. The van der Waals surface area contributed by atoms with Crippen molar-refractivity contribution in [2.45, 2.75) is 13.0 Å². The molecule has 1 atom stereocenters. The molecule has 108 valence electrons. The Morgan fingerprint density at radius 1 is 1.50 bits per heavy atom. The second-order valence-electron chi connectivity index (χ2n) is 4.26.